The van der Waals surface area contributed by atoms with Crippen molar-refractivity contribution in [1.82, 2.24) is 14.6 Å². The number of halogens is 1. The van der Waals surface area contributed by atoms with Gasteiger partial charge in [-0.3, -0.25) is 19.1 Å². The van der Waals surface area contributed by atoms with E-state index in [-0.39, 0.29) is 55.8 Å². The second-order valence-electron chi connectivity index (χ2n) is 14.7. The number of pyridine rings is 1. The number of carbonyl (C=O) groups excluding carboxylic acids is 3. The number of benzene rings is 1. The highest BCUT2D eigenvalue weighted by Crippen LogP contribution is 2.59. The van der Waals surface area contributed by atoms with E-state index >= 15 is 0 Å². The van der Waals surface area contributed by atoms with Gasteiger partial charge < -0.3 is 20.1 Å². The number of hydrogen-bond acceptors (Lipinski definition) is 9. The number of hydrogen-bond donors (Lipinski definition) is 2. The highest BCUT2D eigenvalue weighted by molar-refractivity contribution is 7.91. The summed E-state index contributed by atoms with van der Waals surface area (Å²) in [4.78, 5) is 48.1. The Kier molecular flexibility index (Phi) is 9.49. The number of nitrogens with one attached hydrogen (secondary N) is 1. The second-order valence-corrected chi connectivity index (χ2v) is 16.8. The Labute approximate surface area is 281 Å². The van der Waals surface area contributed by atoms with Crippen molar-refractivity contribution in [3.8, 4) is 11.6 Å². The molecule has 0 radical (unpaired) electrons. The molecule has 1 aromatic heterocycles. The lowest BCUT2D eigenvalue weighted by atomic mass is 9.88. The topological polar surface area (TPSA) is 158 Å². The van der Waals surface area contributed by atoms with E-state index in [1.807, 2.05) is 31.2 Å². The summed E-state index contributed by atoms with van der Waals surface area (Å²) in [5, 5.41) is 1.52. The highest BCUT2D eigenvalue weighted by atomic mass is 32.2. The zero-order valence-electron chi connectivity index (χ0n) is 28.0. The molecule has 6 rings (SSSR count). The summed E-state index contributed by atoms with van der Waals surface area (Å²) < 4.78 is 52.3. The predicted octanol–water partition coefficient (Wildman–Crippen LogP) is 4.07. The minimum Gasteiger partial charge on any atom is -0.494 e. The number of nitrogens with two attached hydrogens (primary N) is 1. The van der Waals surface area contributed by atoms with Crippen molar-refractivity contribution >= 4 is 38.4 Å². The number of rotatable bonds is 7. The third-order valence-corrected chi connectivity index (χ3v) is 13.4. The summed E-state index contributed by atoms with van der Waals surface area (Å²) in [6, 6.07) is 5.74. The molecule has 2 amide bonds. The Morgan fingerprint density at radius 3 is 2.52 bits per heavy atom. The lowest BCUT2D eigenvalue weighted by Crippen LogP contribution is -2.52. The fourth-order valence-electron chi connectivity index (χ4n) is 7.91. The van der Waals surface area contributed by atoms with E-state index in [2.05, 4.69) is 16.6 Å². The molecule has 48 heavy (non-hydrogen) atoms. The summed E-state index contributed by atoms with van der Waals surface area (Å²) in [6.07, 6.45) is 5.66. The van der Waals surface area contributed by atoms with Crippen LogP contribution in [-0.4, -0.2) is 79.2 Å². The molecule has 0 spiro atoms. The first-order valence-electron chi connectivity index (χ1n) is 17.1. The van der Waals surface area contributed by atoms with Crippen LogP contribution in [0.15, 0.2) is 30.5 Å². The Morgan fingerprint density at radius 2 is 1.83 bits per heavy atom. The van der Waals surface area contributed by atoms with Gasteiger partial charge in [-0.2, -0.15) is 0 Å². The van der Waals surface area contributed by atoms with Crippen molar-refractivity contribution < 1.29 is 36.7 Å². The van der Waals surface area contributed by atoms with E-state index in [0.29, 0.717) is 30.4 Å². The SMILES string of the molecule is COc1cnc(O[C@@H]2C[C@H]3C(=O)C[C@]4(C(=O)NS(=O)(=O)C5(CF)CC5)C[C@H]4CCCCC(C)C[C@@H](C)[C@H](N)C(=O)N3C2)c2ccccc12. The quantitative estimate of drug-likeness (QED) is 0.438. The standard InChI is InChI=1S/C35H47FN4O7S/c1-21-8-4-5-9-23-16-35(23,33(43)39-48(44,45)34(20-36)12-13-34)17-28(41)27-15-24(19-40(27)32(42)30(37)22(2)14-21)47-31-26-11-7-6-10-25(26)29(46-3)18-38-31/h6-7,10-11,18,21-24,27,30H,4-5,8-9,12-17,19-20,37H2,1-3H3,(H,39,43)/t21?,22-,23-,24-,27+,30+,35-/m1/s1. The van der Waals surface area contributed by atoms with Crippen LogP contribution in [0.1, 0.15) is 78.1 Å². The first-order valence-corrected chi connectivity index (χ1v) is 18.6. The molecule has 2 aliphatic carbocycles. The molecule has 7 atom stereocenters. The summed E-state index contributed by atoms with van der Waals surface area (Å²) in [7, 11) is -2.70. The number of alkyl halides is 1. The largest absolute Gasteiger partial charge is 0.494 e. The first-order chi connectivity index (χ1) is 22.8. The van der Waals surface area contributed by atoms with Crippen LogP contribution in [0.25, 0.3) is 10.8 Å². The molecule has 4 aliphatic rings. The normalized spacial score (nSPS) is 32.4. The van der Waals surface area contributed by atoms with Crippen molar-refractivity contribution in [2.45, 2.75) is 101 Å². The number of amides is 2. The zero-order chi connectivity index (χ0) is 34.4. The fraction of sp³-hybridized carbons (Fsp3) is 0.657. The van der Waals surface area contributed by atoms with E-state index in [1.54, 1.807) is 13.3 Å². The van der Waals surface area contributed by atoms with E-state index in [4.69, 9.17) is 15.2 Å². The average molecular weight is 687 g/mol. The number of carbonyl (C=O) groups is 3. The fourth-order valence-corrected chi connectivity index (χ4v) is 9.36. The van der Waals surface area contributed by atoms with E-state index < -0.39 is 51.0 Å². The van der Waals surface area contributed by atoms with Crippen molar-refractivity contribution in [1.29, 1.82) is 0 Å². The third kappa shape index (κ3) is 6.39. The maximum Gasteiger partial charge on any atom is 0.243 e. The number of nitrogens with zero attached hydrogens (tertiary/aromatic N) is 2. The van der Waals surface area contributed by atoms with Crippen LogP contribution in [0.2, 0.25) is 0 Å². The van der Waals surface area contributed by atoms with Crippen LogP contribution in [0.3, 0.4) is 0 Å². The molecule has 3 N–H and O–H groups in total. The molecular formula is C35H47FN4O7S. The van der Waals surface area contributed by atoms with Gasteiger partial charge >= 0.3 is 0 Å². The summed E-state index contributed by atoms with van der Waals surface area (Å²) in [5.41, 5.74) is 5.34. The number of Topliss-reactive ketones (excluding diaryl/α,β-unsaturated/α-hetero) is 1. The summed E-state index contributed by atoms with van der Waals surface area (Å²) in [6.45, 7) is 3.14. The average Bonchev–Trinajstić information content (AvgIpc) is 3.97. The molecule has 2 aliphatic heterocycles. The summed E-state index contributed by atoms with van der Waals surface area (Å²) >= 11 is 0. The molecule has 0 bridgehead atoms. The lowest BCUT2D eigenvalue weighted by Gasteiger charge is -2.30. The van der Waals surface area contributed by atoms with Crippen LogP contribution in [0.5, 0.6) is 11.6 Å². The van der Waals surface area contributed by atoms with Crippen LogP contribution >= 0.6 is 0 Å². The second kappa shape index (κ2) is 13.2. The van der Waals surface area contributed by atoms with Gasteiger partial charge in [0.15, 0.2) is 5.78 Å². The Balaban J connectivity index is 1.29. The van der Waals surface area contributed by atoms with Gasteiger partial charge in [-0.15, -0.1) is 0 Å². The molecular weight excluding hydrogens is 639 g/mol. The maximum atomic E-state index is 14.3. The minimum absolute atomic E-state index is 0.100. The molecule has 2 saturated carbocycles. The molecule has 1 unspecified atom stereocenters. The van der Waals surface area contributed by atoms with Gasteiger partial charge in [0.05, 0.1) is 37.4 Å². The molecule has 1 aromatic carbocycles. The Bertz CT molecular complexity index is 1680. The van der Waals surface area contributed by atoms with Crippen molar-refractivity contribution in [3.05, 3.63) is 30.5 Å². The van der Waals surface area contributed by atoms with Crippen LogP contribution in [0, 0.1) is 23.2 Å². The van der Waals surface area contributed by atoms with Crippen LogP contribution in [-0.2, 0) is 24.4 Å². The van der Waals surface area contributed by atoms with Crippen molar-refractivity contribution in [3.63, 3.8) is 0 Å². The lowest BCUT2D eigenvalue weighted by molar-refractivity contribution is -0.140. The Hall–Kier alpha value is -3.32. The van der Waals surface area contributed by atoms with Gasteiger partial charge in [-0.1, -0.05) is 51.3 Å². The Morgan fingerprint density at radius 1 is 1.12 bits per heavy atom. The van der Waals surface area contributed by atoms with Crippen LogP contribution in [0.4, 0.5) is 4.39 Å². The van der Waals surface area contributed by atoms with Gasteiger partial charge in [0.1, 0.15) is 23.3 Å². The van der Waals surface area contributed by atoms with Crippen LogP contribution < -0.4 is 19.9 Å². The minimum atomic E-state index is -4.26. The number of ether oxygens (including phenoxy) is 2. The van der Waals surface area contributed by atoms with Gasteiger partial charge in [0, 0.05) is 23.6 Å². The predicted molar refractivity (Wildman–Crippen MR) is 177 cm³/mol. The third-order valence-electron chi connectivity index (χ3n) is 11.3. The zero-order valence-corrected chi connectivity index (χ0v) is 28.8. The number of methoxy groups -OCH3 is 1. The van der Waals surface area contributed by atoms with E-state index in [9.17, 15) is 27.2 Å². The number of fused-ring (bicyclic) bond motifs is 3. The van der Waals surface area contributed by atoms with Crippen molar-refractivity contribution in [2.24, 2.45) is 28.9 Å². The van der Waals surface area contributed by atoms with Gasteiger partial charge in [0.2, 0.25) is 27.7 Å². The first kappa shape index (κ1) is 34.5. The molecule has 2 saturated heterocycles. The van der Waals surface area contributed by atoms with E-state index in [0.717, 1.165) is 36.5 Å². The smallest absolute Gasteiger partial charge is 0.243 e. The summed E-state index contributed by atoms with van der Waals surface area (Å²) in [5.74, 6) is -0.511. The van der Waals surface area contributed by atoms with E-state index in [1.165, 1.54) is 4.90 Å². The maximum absolute atomic E-state index is 14.3. The van der Waals surface area contributed by atoms with Crippen molar-refractivity contribution in [2.75, 3.05) is 20.3 Å². The molecule has 4 fully saturated rings. The molecule has 11 nitrogen and oxygen atoms in total. The number of ketones is 1. The molecule has 262 valence electrons. The molecule has 13 heteroatoms. The molecule has 3 heterocycles. The number of aromatic nitrogens is 1. The van der Waals surface area contributed by atoms with Gasteiger partial charge in [-0.25, -0.2) is 17.8 Å². The van der Waals surface area contributed by atoms with Gasteiger partial charge in [-0.05, 0) is 55.9 Å². The monoisotopic (exact) mass is 686 g/mol. The highest BCUT2D eigenvalue weighted by Gasteiger charge is 2.64. The number of sulfonamides is 1. The molecule has 2 aromatic rings. The van der Waals surface area contributed by atoms with Gasteiger partial charge in [0.25, 0.3) is 0 Å².